The van der Waals surface area contributed by atoms with Crippen LogP contribution in [0.5, 0.6) is 0 Å². The Kier molecular flexibility index (Phi) is 3.61. The van der Waals surface area contributed by atoms with Gasteiger partial charge in [-0.05, 0) is 11.6 Å². The molecule has 27 heavy (non-hydrogen) atoms. The number of rotatable bonds is 3. The molecule has 4 rings (SSSR count). The van der Waals surface area contributed by atoms with Crippen LogP contribution in [0.4, 0.5) is 0 Å². The van der Waals surface area contributed by atoms with Crippen molar-refractivity contribution in [3.63, 3.8) is 0 Å². The van der Waals surface area contributed by atoms with Crippen molar-refractivity contribution in [3.05, 3.63) is 71.3 Å². The van der Waals surface area contributed by atoms with Crippen LogP contribution in [-0.2, 0) is 25.6 Å². The molecule has 7 heteroatoms. The van der Waals surface area contributed by atoms with Gasteiger partial charge in [0.25, 0.3) is 5.91 Å². The van der Waals surface area contributed by atoms with Crippen molar-refractivity contribution < 1.29 is 29.3 Å². The van der Waals surface area contributed by atoms with Gasteiger partial charge >= 0.3 is 11.9 Å². The Morgan fingerprint density at radius 3 is 2.37 bits per heavy atom. The van der Waals surface area contributed by atoms with Gasteiger partial charge < -0.3 is 14.9 Å². The topological polar surface area (TPSA) is 104 Å². The van der Waals surface area contributed by atoms with E-state index >= 15 is 0 Å². The molecule has 0 unspecified atom stereocenters. The van der Waals surface area contributed by atoms with E-state index in [1.165, 1.54) is 19.2 Å². The van der Waals surface area contributed by atoms with E-state index in [2.05, 4.69) is 0 Å². The molecule has 0 aliphatic carbocycles. The number of ether oxygens (including phenoxy) is 1. The number of esters is 1. The smallest absolute Gasteiger partial charge is 0.336 e. The van der Waals surface area contributed by atoms with Gasteiger partial charge in [-0.1, -0.05) is 48.5 Å². The van der Waals surface area contributed by atoms with Gasteiger partial charge in [-0.25, -0.2) is 4.79 Å². The number of nitrogens with zero attached hydrogens (tertiary/aromatic N) is 1. The second-order valence-electron chi connectivity index (χ2n) is 6.73. The Labute approximate surface area is 154 Å². The van der Waals surface area contributed by atoms with Crippen LogP contribution in [0.3, 0.4) is 0 Å². The molecule has 0 saturated carbocycles. The highest BCUT2D eigenvalue weighted by Gasteiger charge is 2.72. The van der Waals surface area contributed by atoms with Crippen molar-refractivity contribution in [3.8, 4) is 0 Å². The molecule has 1 amide bonds. The number of aliphatic hydroxyl groups is 1. The second-order valence-corrected chi connectivity index (χ2v) is 6.73. The fourth-order valence-corrected chi connectivity index (χ4v) is 4.40. The first-order valence-corrected chi connectivity index (χ1v) is 8.42. The Hall–Kier alpha value is -3.19. The summed E-state index contributed by atoms with van der Waals surface area (Å²) in [6.45, 7) is 0. The summed E-state index contributed by atoms with van der Waals surface area (Å²) in [7, 11) is 1.17. The Morgan fingerprint density at radius 2 is 1.74 bits per heavy atom. The number of methoxy groups -OCH3 is 1. The largest absolute Gasteiger partial charge is 0.481 e. The van der Waals surface area contributed by atoms with Crippen molar-refractivity contribution in [2.75, 3.05) is 7.11 Å². The number of carbonyl (C=O) groups is 3. The van der Waals surface area contributed by atoms with E-state index in [1.807, 2.05) is 0 Å². The van der Waals surface area contributed by atoms with Crippen LogP contribution >= 0.6 is 0 Å². The molecule has 138 valence electrons. The predicted molar refractivity (Wildman–Crippen MR) is 92.4 cm³/mol. The van der Waals surface area contributed by atoms with Crippen LogP contribution in [0.15, 0.2) is 54.6 Å². The van der Waals surface area contributed by atoms with Crippen LogP contribution in [0.25, 0.3) is 0 Å². The summed E-state index contributed by atoms with van der Waals surface area (Å²) in [6, 6.07) is 14.6. The quantitative estimate of drug-likeness (QED) is 0.796. The van der Waals surface area contributed by atoms with E-state index < -0.39 is 35.0 Å². The highest BCUT2D eigenvalue weighted by molar-refractivity contribution is 6.05. The number of hydrogen-bond donors (Lipinski definition) is 2. The van der Waals surface area contributed by atoms with Crippen molar-refractivity contribution in [1.29, 1.82) is 0 Å². The van der Waals surface area contributed by atoms with Gasteiger partial charge in [0.05, 0.1) is 7.11 Å². The number of carboxylic acid groups (broad SMARTS) is 1. The number of benzene rings is 2. The van der Waals surface area contributed by atoms with E-state index in [0.29, 0.717) is 5.56 Å². The fourth-order valence-electron chi connectivity index (χ4n) is 4.40. The molecule has 2 aliphatic rings. The number of amides is 1. The van der Waals surface area contributed by atoms with Crippen LogP contribution in [0, 0.1) is 5.92 Å². The molecule has 2 aromatic carbocycles. The zero-order chi connectivity index (χ0) is 19.4. The molecule has 1 fully saturated rings. The number of fused-ring (bicyclic) bond motifs is 3. The molecular weight excluding hydrogens is 350 g/mol. The molecule has 0 spiro atoms. The Morgan fingerprint density at radius 1 is 1.11 bits per heavy atom. The first-order valence-electron chi connectivity index (χ1n) is 8.42. The van der Waals surface area contributed by atoms with Crippen molar-refractivity contribution in [1.82, 2.24) is 4.90 Å². The molecule has 3 atom stereocenters. The van der Waals surface area contributed by atoms with Gasteiger partial charge in [-0.3, -0.25) is 14.5 Å². The highest BCUT2D eigenvalue weighted by Crippen LogP contribution is 2.59. The minimum Gasteiger partial charge on any atom is -0.481 e. The van der Waals surface area contributed by atoms with E-state index in [1.54, 1.807) is 42.5 Å². The third-order valence-electron chi connectivity index (χ3n) is 5.54. The molecule has 0 aromatic heterocycles. The average molecular weight is 367 g/mol. The van der Waals surface area contributed by atoms with Crippen LogP contribution in [-0.4, -0.2) is 40.1 Å². The monoisotopic (exact) mass is 367 g/mol. The molecule has 7 nitrogen and oxygen atoms in total. The normalized spacial score (nSPS) is 28.6. The number of carbonyl (C=O) groups excluding carboxylic acids is 2. The summed E-state index contributed by atoms with van der Waals surface area (Å²) in [5.41, 5.74) is -3.15. The van der Waals surface area contributed by atoms with E-state index in [9.17, 15) is 24.6 Å². The summed E-state index contributed by atoms with van der Waals surface area (Å²) in [5.74, 6) is -4.10. The van der Waals surface area contributed by atoms with Crippen LogP contribution < -0.4 is 0 Å². The standard InChI is InChI=1S/C20H17NO6/c1-27-18(25)19(12-7-3-2-4-8-12)11-15(17(23)24)20(26)14-10-6-5-9-13(14)16(22)21(19)20/h2-10,15,26H,11H2,1H3,(H,23,24)/t15-,19+,20+/m1/s1. The molecule has 2 heterocycles. The van der Waals surface area contributed by atoms with Crippen molar-refractivity contribution >= 4 is 17.8 Å². The number of hydrogen-bond acceptors (Lipinski definition) is 5. The van der Waals surface area contributed by atoms with E-state index in [0.717, 1.165) is 4.90 Å². The van der Waals surface area contributed by atoms with Gasteiger partial charge in [0.1, 0.15) is 5.92 Å². The first-order chi connectivity index (χ1) is 12.9. The summed E-state index contributed by atoms with van der Waals surface area (Å²) in [4.78, 5) is 39.2. The predicted octanol–water partition coefficient (Wildman–Crippen LogP) is 1.46. The molecule has 2 aromatic rings. The Balaban J connectivity index is 2.06. The third kappa shape index (κ3) is 1.97. The van der Waals surface area contributed by atoms with Crippen LogP contribution in [0.2, 0.25) is 0 Å². The SMILES string of the molecule is COC(=O)[C@@]1(c2ccccc2)C[C@H](C(=O)O)[C@@]2(O)c3ccccc3C(=O)N12. The minimum absolute atomic E-state index is 0.176. The van der Waals surface area contributed by atoms with Gasteiger partial charge in [0, 0.05) is 17.5 Å². The van der Waals surface area contributed by atoms with Gasteiger partial charge in [-0.2, -0.15) is 0 Å². The van der Waals surface area contributed by atoms with Crippen LogP contribution in [0.1, 0.15) is 27.9 Å². The molecular formula is C20H17NO6. The maximum absolute atomic E-state index is 13.2. The highest BCUT2D eigenvalue weighted by atomic mass is 16.5. The zero-order valence-electron chi connectivity index (χ0n) is 14.5. The molecule has 2 aliphatic heterocycles. The lowest BCUT2D eigenvalue weighted by molar-refractivity contribution is -0.170. The second kappa shape index (κ2) is 5.65. The summed E-state index contributed by atoms with van der Waals surface area (Å²) >= 11 is 0. The lowest BCUT2D eigenvalue weighted by atomic mass is 9.82. The molecule has 2 N–H and O–H groups in total. The zero-order valence-corrected chi connectivity index (χ0v) is 14.5. The maximum atomic E-state index is 13.2. The van der Waals surface area contributed by atoms with E-state index in [4.69, 9.17) is 4.74 Å². The van der Waals surface area contributed by atoms with Gasteiger partial charge in [0.15, 0.2) is 11.3 Å². The van der Waals surface area contributed by atoms with Gasteiger partial charge in [-0.15, -0.1) is 0 Å². The summed E-state index contributed by atoms with van der Waals surface area (Å²) in [5, 5.41) is 21.4. The fraction of sp³-hybridized carbons (Fsp3) is 0.250. The van der Waals surface area contributed by atoms with Crippen molar-refractivity contribution in [2.45, 2.75) is 17.7 Å². The van der Waals surface area contributed by atoms with Crippen molar-refractivity contribution in [2.24, 2.45) is 5.92 Å². The summed E-state index contributed by atoms with van der Waals surface area (Å²) in [6.07, 6.45) is -0.296. The lowest BCUT2D eigenvalue weighted by Gasteiger charge is -2.39. The lowest BCUT2D eigenvalue weighted by Crippen LogP contribution is -2.55. The Bertz CT molecular complexity index is 958. The maximum Gasteiger partial charge on any atom is 0.336 e. The first kappa shape index (κ1) is 17.2. The van der Waals surface area contributed by atoms with E-state index in [-0.39, 0.29) is 17.5 Å². The average Bonchev–Trinajstić information content (AvgIpc) is 3.10. The summed E-state index contributed by atoms with van der Waals surface area (Å²) < 4.78 is 4.98. The number of carboxylic acids is 1. The number of aliphatic carboxylic acids is 1. The third-order valence-corrected chi connectivity index (χ3v) is 5.54. The molecule has 1 saturated heterocycles. The molecule has 0 radical (unpaired) electrons. The van der Waals surface area contributed by atoms with Gasteiger partial charge in [0.2, 0.25) is 0 Å². The molecule has 0 bridgehead atoms. The minimum atomic E-state index is -2.15.